The molecule has 1 aromatic rings. The topological polar surface area (TPSA) is 69.6 Å². The number of hydrogen-bond acceptors (Lipinski definition) is 3. The Morgan fingerprint density at radius 3 is 2.76 bits per heavy atom. The van der Waals surface area contributed by atoms with Crippen molar-refractivity contribution in [3.05, 3.63) is 29.3 Å². The van der Waals surface area contributed by atoms with Crippen molar-refractivity contribution in [1.82, 2.24) is 5.32 Å². The molecule has 0 aliphatic heterocycles. The van der Waals surface area contributed by atoms with E-state index in [-0.39, 0.29) is 6.04 Å². The SMILES string of the molecule is CCSCC(C)NC(=O)N(CC(=O)O)c1cccc(Cl)c1. The van der Waals surface area contributed by atoms with Gasteiger partial charge >= 0.3 is 12.0 Å². The highest BCUT2D eigenvalue weighted by Crippen LogP contribution is 2.19. The van der Waals surface area contributed by atoms with Gasteiger partial charge in [0.25, 0.3) is 0 Å². The molecular formula is C14H19ClN2O3S. The highest BCUT2D eigenvalue weighted by Gasteiger charge is 2.20. The summed E-state index contributed by atoms with van der Waals surface area (Å²) >= 11 is 7.61. The van der Waals surface area contributed by atoms with Gasteiger partial charge in [-0.05, 0) is 30.9 Å². The summed E-state index contributed by atoms with van der Waals surface area (Å²) < 4.78 is 0. The molecule has 2 amide bonds. The number of carbonyl (C=O) groups is 2. The molecule has 7 heteroatoms. The summed E-state index contributed by atoms with van der Waals surface area (Å²) in [7, 11) is 0. The smallest absolute Gasteiger partial charge is 0.323 e. The number of anilines is 1. The molecule has 1 rings (SSSR count). The van der Waals surface area contributed by atoms with Gasteiger partial charge in [-0.25, -0.2) is 4.79 Å². The summed E-state index contributed by atoms with van der Waals surface area (Å²) in [4.78, 5) is 24.4. The van der Waals surface area contributed by atoms with Gasteiger partial charge in [0.05, 0.1) is 0 Å². The molecule has 0 fully saturated rings. The number of carboxylic acids is 1. The lowest BCUT2D eigenvalue weighted by Gasteiger charge is -2.24. The highest BCUT2D eigenvalue weighted by molar-refractivity contribution is 7.99. The van der Waals surface area contributed by atoms with Crippen LogP contribution in [0.2, 0.25) is 5.02 Å². The van der Waals surface area contributed by atoms with Gasteiger partial charge in [-0.3, -0.25) is 9.69 Å². The summed E-state index contributed by atoms with van der Waals surface area (Å²) in [6, 6.07) is 6.08. The predicted molar refractivity (Wildman–Crippen MR) is 87.4 cm³/mol. The van der Waals surface area contributed by atoms with Gasteiger partial charge in [-0.1, -0.05) is 24.6 Å². The van der Waals surface area contributed by atoms with Gasteiger partial charge in [-0.15, -0.1) is 0 Å². The quantitative estimate of drug-likeness (QED) is 0.806. The number of carboxylic acid groups (broad SMARTS) is 1. The largest absolute Gasteiger partial charge is 0.480 e. The summed E-state index contributed by atoms with van der Waals surface area (Å²) in [5, 5.41) is 12.2. The van der Waals surface area contributed by atoms with Crippen molar-refractivity contribution in [2.24, 2.45) is 0 Å². The maximum Gasteiger partial charge on any atom is 0.323 e. The number of carbonyl (C=O) groups excluding carboxylic acids is 1. The van der Waals surface area contributed by atoms with Crippen molar-refractivity contribution in [1.29, 1.82) is 0 Å². The Morgan fingerprint density at radius 1 is 1.48 bits per heavy atom. The van der Waals surface area contributed by atoms with Crippen molar-refractivity contribution in [3.8, 4) is 0 Å². The first-order chi connectivity index (χ1) is 9.93. The van der Waals surface area contributed by atoms with Crippen LogP contribution in [-0.4, -0.2) is 41.2 Å². The van der Waals surface area contributed by atoms with Crippen LogP contribution >= 0.6 is 23.4 Å². The molecule has 0 aliphatic carbocycles. The molecule has 0 bridgehead atoms. The zero-order valence-corrected chi connectivity index (χ0v) is 13.6. The minimum Gasteiger partial charge on any atom is -0.480 e. The van der Waals surface area contributed by atoms with Crippen molar-refractivity contribution in [2.45, 2.75) is 19.9 Å². The Bertz CT molecular complexity index is 499. The third kappa shape index (κ3) is 6.27. The third-order valence-corrected chi connectivity index (χ3v) is 3.98. The van der Waals surface area contributed by atoms with E-state index < -0.39 is 18.5 Å². The molecule has 0 saturated carbocycles. The van der Waals surface area contributed by atoms with Crippen LogP contribution in [0.5, 0.6) is 0 Å². The van der Waals surface area contributed by atoms with E-state index >= 15 is 0 Å². The average Bonchev–Trinajstić information content (AvgIpc) is 2.42. The Hall–Kier alpha value is -1.40. The number of rotatable bonds is 7. The molecular weight excluding hydrogens is 312 g/mol. The summed E-state index contributed by atoms with van der Waals surface area (Å²) in [6.45, 7) is 3.51. The number of aliphatic carboxylic acids is 1. The van der Waals surface area contributed by atoms with E-state index in [0.29, 0.717) is 10.7 Å². The second-order valence-corrected chi connectivity index (χ2v) is 6.23. The van der Waals surface area contributed by atoms with Gasteiger partial charge in [0.2, 0.25) is 0 Å². The van der Waals surface area contributed by atoms with Gasteiger partial charge in [0.15, 0.2) is 0 Å². The molecule has 0 saturated heterocycles. The molecule has 5 nitrogen and oxygen atoms in total. The number of hydrogen-bond donors (Lipinski definition) is 2. The Morgan fingerprint density at radius 2 is 2.19 bits per heavy atom. The third-order valence-electron chi connectivity index (χ3n) is 2.60. The highest BCUT2D eigenvalue weighted by atomic mass is 35.5. The Balaban J connectivity index is 2.82. The Kier molecular flexibility index (Phi) is 7.39. The molecule has 0 aromatic heterocycles. The minimum atomic E-state index is -1.08. The van der Waals surface area contributed by atoms with E-state index in [9.17, 15) is 9.59 Å². The van der Waals surface area contributed by atoms with E-state index in [2.05, 4.69) is 5.32 Å². The molecule has 2 N–H and O–H groups in total. The molecule has 1 unspecified atom stereocenters. The van der Waals surface area contributed by atoms with Gasteiger partial charge in [0.1, 0.15) is 6.54 Å². The summed E-state index contributed by atoms with van der Waals surface area (Å²) in [5.41, 5.74) is 0.456. The van der Waals surface area contributed by atoms with Crippen LogP contribution in [0.1, 0.15) is 13.8 Å². The number of amides is 2. The van der Waals surface area contributed by atoms with Gasteiger partial charge in [0, 0.05) is 22.5 Å². The molecule has 0 spiro atoms. The van der Waals surface area contributed by atoms with Crippen LogP contribution < -0.4 is 10.2 Å². The number of nitrogens with one attached hydrogen (secondary N) is 1. The van der Waals surface area contributed by atoms with Crippen LogP contribution in [0.25, 0.3) is 0 Å². The molecule has 0 heterocycles. The maximum atomic E-state index is 12.3. The molecule has 1 aromatic carbocycles. The zero-order chi connectivity index (χ0) is 15.8. The molecule has 0 radical (unpaired) electrons. The van der Waals surface area contributed by atoms with Gasteiger partial charge < -0.3 is 10.4 Å². The Labute approximate surface area is 133 Å². The van der Waals surface area contributed by atoms with Crippen LogP contribution in [0.15, 0.2) is 24.3 Å². The average molecular weight is 331 g/mol. The fraction of sp³-hybridized carbons (Fsp3) is 0.429. The van der Waals surface area contributed by atoms with Crippen LogP contribution in [0.4, 0.5) is 10.5 Å². The number of urea groups is 1. The van der Waals surface area contributed by atoms with E-state index in [1.807, 2.05) is 13.8 Å². The standard InChI is InChI=1S/C14H19ClN2O3S/c1-3-21-9-10(2)16-14(20)17(8-13(18)19)12-6-4-5-11(15)7-12/h4-7,10H,3,8-9H2,1-2H3,(H,16,20)(H,18,19). The summed E-state index contributed by atoms with van der Waals surface area (Å²) in [6.07, 6.45) is 0. The summed E-state index contributed by atoms with van der Waals surface area (Å²) in [5.74, 6) is 0.659. The molecule has 1 atom stereocenters. The minimum absolute atomic E-state index is 0.0436. The molecule has 0 aliphatic rings. The fourth-order valence-electron chi connectivity index (χ4n) is 1.68. The number of benzene rings is 1. The van der Waals surface area contributed by atoms with Crippen molar-refractivity contribution in [3.63, 3.8) is 0 Å². The lowest BCUT2D eigenvalue weighted by atomic mass is 10.3. The van der Waals surface area contributed by atoms with E-state index in [0.717, 1.165) is 11.5 Å². The molecule has 116 valence electrons. The maximum absolute atomic E-state index is 12.3. The van der Waals surface area contributed by atoms with E-state index in [1.54, 1.807) is 36.0 Å². The number of thioether (sulfide) groups is 1. The first kappa shape index (κ1) is 17.7. The molecule has 21 heavy (non-hydrogen) atoms. The van der Waals surface area contributed by atoms with Crippen molar-refractivity contribution < 1.29 is 14.7 Å². The van der Waals surface area contributed by atoms with Crippen molar-refractivity contribution in [2.75, 3.05) is 23.0 Å². The van der Waals surface area contributed by atoms with E-state index in [4.69, 9.17) is 16.7 Å². The second-order valence-electron chi connectivity index (χ2n) is 4.47. The lowest BCUT2D eigenvalue weighted by molar-refractivity contribution is -0.135. The normalized spacial score (nSPS) is 11.8. The number of nitrogens with zero attached hydrogens (tertiary/aromatic N) is 1. The van der Waals surface area contributed by atoms with Crippen LogP contribution in [0, 0.1) is 0 Å². The van der Waals surface area contributed by atoms with Crippen LogP contribution in [-0.2, 0) is 4.79 Å². The van der Waals surface area contributed by atoms with Crippen molar-refractivity contribution >= 4 is 41.1 Å². The second kappa shape index (κ2) is 8.79. The van der Waals surface area contributed by atoms with E-state index in [1.165, 1.54) is 4.90 Å². The first-order valence-electron chi connectivity index (χ1n) is 6.57. The fourth-order valence-corrected chi connectivity index (χ4v) is 2.54. The number of halogens is 1. The first-order valence-corrected chi connectivity index (χ1v) is 8.10. The lowest BCUT2D eigenvalue weighted by Crippen LogP contribution is -2.46. The zero-order valence-electron chi connectivity index (χ0n) is 12.0. The van der Waals surface area contributed by atoms with Crippen LogP contribution in [0.3, 0.4) is 0 Å². The monoisotopic (exact) mass is 330 g/mol. The predicted octanol–water partition coefficient (Wildman–Crippen LogP) is 3.08. The van der Waals surface area contributed by atoms with Gasteiger partial charge in [-0.2, -0.15) is 11.8 Å².